The third kappa shape index (κ3) is 2.74. The Balaban J connectivity index is 0.00000147. The molecule has 0 aliphatic rings. The van der Waals surface area contributed by atoms with Crippen LogP contribution < -0.4 is 4.74 Å². The van der Waals surface area contributed by atoms with Crippen LogP contribution in [-0.4, -0.2) is 12.1 Å². The molecule has 3 aromatic rings. The number of aryl methyl sites for hydroxylation is 1. The van der Waals surface area contributed by atoms with Gasteiger partial charge in [-0.15, -0.1) is 35.9 Å². The Morgan fingerprint density at radius 1 is 1.10 bits per heavy atom. The van der Waals surface area contributed by atoms with Crippen molar-refractivity contribution < 1.29 is 24.8 Å². The summed E-state index contributed by atoms with van der Waals surface area (Å²) in [5, 5.41) is 1.12. The summed E-state index contributed by atoms with van der Waals surface area (Å²) in [7, 11) is 1.68. The van der Waals surface area contributed by atoms with E-state index in [-0.39, 0.29) is 20.1 Å². The molecule has 0 unspecified atom stereocenters. The van der Waals surface area contributed by atoms with Crippen molar-refractivity contribution in [1.29, 1.82) is 0 Å². The molecule has 103 valence electrons. The first-order valence-corrected chi connectivity index (χ1v) is 6.20. The van der Waals surface area contributed by atoms with Gasteiger partial charge in [-0.2, -0.15) is 0 Å². The molecule has 1 radical (unpaired) electrons. The summed E-state index contributed by atoms with van der Waals surface area (Å²) in [6.07, 6.45) is 0. The van der Waals surface area contributed by atoms with E-state index in [9.17, 15) is 0 Å². The summed E-state index contributed by atoms with van der Waals surface area (Å²) in [4.78, 5) is 4.69. The van der Waals surface area contributed by atoms with Crippen molar-refractivity contribution in [2.75, 3.05) is 7.11 Å². The Morgan fingerprint density at radius 2 is 1.95 bits per heavy atom. The average molecular weight is 441 g/mol. The maximum absolute atomic E-state index is 5.26. The van der Waals surface area contributed by atoms with Crippen LogP contribution in [-0.2, 0) is 20.1 Å². The summed E-state index contributed by atoms with van der Waals surface area (Å²) >= 11 is 0. The predicted octanol–water partition coefficient (Wildman–Crippen LogP) is 4.02. The molecular formula is C17H14IrNO-. The van der Waals surface area contributed by atoms with Crippen molar-refractivity contribution in [3.63, 3.8) is 0 Å². The third-order valence-electron chi connectivity index (χ3n) is 3.21. The normalized spacial score (nSPS) is 10.1. The minimum absolute atomic E-state index is 0. The van der Waals surface area contributed by atoms with Gasteiger partial charge in [-0.25, -0.2) is 0 Å². The van der Waals surface area contributed by atoms with E-state index in [1.54, 1.807) is 7.11 Å². The maximum atomic E-state index is 5.26. The van der Waals surface area contributed by atoms with E-state index in [2.05, 4.69) is 19.1 Å². The third-order valence-corrected chi connectivity index (χ3v) is 3.21. The summed E-state index contributed by atoms with van der Waals surface area (Å²) in [6, 6.07) is 19.2. The van der Waals surface area contributed by atoms with Crippen LogP contribution in [0.5, 0.6) is 5.75 Å². The van der Waals surface area contributed by atoms with Crippen LogP contribution >= 0.6 is 0 Å². The number of aromatic nitrogens is 1. The summed E-state index contributed by atoms with van der Waals surface area (Å²) in [5.41, 5.74) is 4.14. The van der Waals surface area contributed by atoms with Crippen molar-refractivity contribution in [2.24, 2.45) is 0 Å². The van der Waals surface area contributed by atoms with Gasteiger partial charge in [0.2, 0.25) is 0 Å². The Kier molecular flexibility index (Phi) is 4.53. The van der Waals surface area contributed by atoms with Crippen molar-refractivity contribution >= 4 is 10.9 Å². The molecule has 20 heavy (non-hydrogen) atoms. The van der Waals surface area contributed by atoms with Crippen LogP contribution in [0.1, 0.15) is 5.56 Å². The fourth-order valence-corrected chi connectivity index (χ4v) is 2.19. The van der Waals surface area contributed by atoms with Crippen molar-refractivity contribution in [3.05, 3.63) is 60.2 Å². The average Bonchev–Trinajstić information content (AvgIpc) is 2.48. The van der Waals surface area contributed by atoms with Gasteiger partial charge >= 0.3 is 0 Å². The van der Waals surface area contributed by atoms with Crippen molar-refractivity contribution in [3.8, 4) is 17.0 Å². The van der Waals surface area contributed by atoms with Gasteiger partial charge in [-0.1, -0.05) is 6.07 Å². The molecule has 0 bridgehead atoms. The predicted molar refractivity (Wildman–Crippen MR) is 77.3 cm³/mol. The molecule has 2 nitrogen and oxygen atoms in total. The van der Waals surface area contributed by atoms with Crippen molar-refractivity contribution in [1.82, 2.24) is 4.98 Å². The second-order valence-corrected chi connectivity index (χ2v) is 4.48. The molecule has 2 aromatic carbocycles. The number of rotatable bonds is 2. The zero-order valence-electron chi connectivity index (χ0n) is 11.3. The van der Waals surface area contributed by atoms with E-state index >= 15 is 0 Å². The quantitative estimate of drug-likeness (QED) is 0.562. The molecule has 0 aliphatic carbocycles. The standard InChI is InChI=1S/C17H14NO.Ir/c1-12-10-17(13-6-4-3-5-7-13)18-16-9-8-14(19-2)11-15(12)16;/h3-6,8-11H,1-2H3;/q-1;. The zero-order valence-corrected chi connectivity index (χ0v) is 13.7. The van der Waals surface area contributed by atoms with Crippen LogP contribution in [0, 0.1) is 13.0 Å². The number of nitrogens with zero attached hydrogens (tertiary/aromatic N) is 1. The monoisotopic (exact) mass is 441 g/mol. The first-order chi connectivity index (χ1) is 9.28. The molecule has 0 aliphatic heterocycles. The van der Waals surface area contributed by atoms with Crippen LogP contribution in [0.2, 0.25) is 0 Å². The molecule has 1 aromatic heterocycles. The van der Waals surface area contributed by atoms with E-state index < -0.39 is 0 Å². The van der Waals surface area contributed by atoms with E-state index in [0.29, 0.717) is 0 Å². The van der Waals surface area contributed by atoms with Gasteiger partial charge in [0.05, 0.1) is 12.6 Å². The van der Waals surface area contributed by atoms with Crippen LogP contribution in [0.25, 0.3) is 22.2 Å². The van der Waals surface area contributed by atoms with Crippen LogP contribution in [0.15, 0.2) is 48.5 Å². The second-order valence-electron chi connectivity index (χ2n) is 4.48. The number of hydrogen-bond donors (Lipinski definition) is 0. The summed E-state index contributed by atoms with van der Waals surface area (Å²) in [6.45, 7) is 2.09. The number of benzene rings is 2. The first kappa shape index (κ1) is 14.7. The topological polar surface area (TPSA) is 22.1 Å². The van der Waals surface area contributed by atoms with Crippen LogP contribution in [0.4, 0.5) is 0 Å². The number of hydrogen-bond acceptors (Lipinski definition) is 2. The summed E-state index contributed by atoms with van der Waals surface area (Å²) in [5.74, 6) is 0.858. The van der Waals surface area contributed by atoms with Gasteiger partial charge in [0.1, 0.15) is 5.75 Å². The molecule has 3 rings (SSSR count). The maximum Gasteiger partial charge on any atom is 0.119 e. The smallest absolute Gasteiger partial charge is 0.119 e. The molecule has 0 fully saturated rings. The Labute approximate surface area is 132 Å². The fourth-order valence-electron chi connectivity index (χ4n) is 2.19. The molecule has 0 atom stereocenters. The van der Waals surface area contributed by atoms with Gasteiger partial charge in [0.15, 0.2) is 0 Å². The molecule has 3 heteroatoms. The molecule has 0 saturated heterocycles. The van der Waals surface area contributed by atoms with E-state index in [1.807, 2.05) is 42.5 Å². The Hall–Kier alpha value is -1.70. The molecular weight excluding hydrogens is 426 g/mol. The van der Waals surface area contributed by atoms with E-state index in [0.717, 1.165) is 27.9 Å². The number of ether oxygens (including phenoxy) is 1. The van der Waals surface area contributed by atoms with Gasteiger partial charge in [0, 0.05) is 25.5 Å². The molecule has 1 heterocycles. The zero-order chi connectivity index (χ0) is 13.2. The van der Waals surface area contributed by atoms with E-state index in [4.69, 9.17) is 9.72 Å². The molecule has 0 N–H and O–H groups in total. The SMILES string of the molecule is COc1ccc2nc(-c3[c-]cccc3)cc(C)c2c1.[Ir]. The second kappa shape index (κ2) is 6.17. The molecule has 0 saturated carbocycles. The first-order valence-electron chi connectivity index (χ1n) is 6.20. The molecule has 0 spiro atoms. The van der Waals surface area contributed by atoms with Gasteiger partial charge < -0.3 is 4.74 Å². The number of pyridine rings is 1. The summed E-state index contributed by atoms with van der Waals surface area (Å²) < 4.78 is 5.26. The number of methoxy groups -OCH3 is 1. The largest absolute Gasteiger partial charge is 0.497 e. The minimum Gasteiger partial charge on any atom is -0.497 e. The Bertz CT molecular complexity index is 726. The Morgan fingerprint density at radius 3 is 2.65 bits per heavy atom. The van der Waals surface area contributed by atoms with Gasteiger partial charge in [0.25, 0.3) is 0 Å². The van der Waals surface area contributed by atoms with Crippen LogP contribution in [0.3, 0.4) is 0 Å². The minimum atomic E-state index is 0. The van der Waals surface area contributed by atoms with Crippen molar-refractivity contribution in [2.45, 2.75) is 6.92 Å². The number of fused-ring (bicyclic) bond motifs is 1. The van der Waals surface area contributed by atoms with Gasteiger partial charge in [-0.05, 0) is 36.4 Å². The van der Waals surface area contributed by atoms with Gasteiger partial charge in [-0.3, -0.25) is 4.98 Å². The van der Waals surface area contributed by atoms with E-state index in [1.165, 1.54) is 5.56 Å². The molecule has 0 amide bonds. The fraction of sp³-hybridized carbons (Fsp3) is 0.118.